The Kier molecular flexibility index (Phi) is 4.95. The first kappa shape index (κ1) is 17.0. The molecule has 1 aliphatic rings. The molecule has 0 bridgehead atoms. The van der Waals surface area contributed by atoms with Crippen molar-refractivity contribution in [2.45, 2.75) is 40.2 Å². The zero-order chi connectivity index (χ0) is 17.3. The third-order valence-electron chi connectivity index (χ3n) is 4.68. The molecule has 1 aliphatic heterocycles. The molecule has 24 heavy (non-hydrogen) atoms. The molecule has 128 valence electrons. The molecule has 0 N–H and O–H groups in total. The van der Waals surface area contributed by atoms with Crippen LogP contribution in [0.15, 0.2) is 24.3 Å². The molecule has 4 nitrogen and oxygen atoms in total. The summed E-state index contributed by atoms with van der Waals surface area (Å²) in [5.74, 6) is 0.559. The lowest BCUT2D eigenvalue weighted by Crippen LogP contribution is -2.39. The average molecular weight is 346 g/mol. The highest BCUT2D eigenvalue weighted by atomic mass is 35.5. The summed E-state index contributed by atoms with van der Waals surface area (Å²) < 4.78 is 1.72. The number of amides is 1. The summed E-state index contributed by atoms with van der Waals surface area (Å²) in [6, 6.07) is 8.27. The molecule has 1 aromatic carbocycles. The van der Waals surface area contributed by atoms with Crippen molar-refractivity contribution in [3.05, 3.63) is 51.8 Å². The third kappa shape index (κ3) is 3.48. The number of benzene rings is 1. The summed E-state index contributed by atoms with van der Waals surface area (Å²) in [4.78, 5) is 14.8. The minimum Gasteiger partial charge on any atom is -0.338 e. The maximum atomic E-state index is 12.9. The Hall–Kier alpha value is -1.81. The number of aromatic nitrogens is 2. The Morgan fingerprint density at radius 2 is 2.00 bits per heavy atom. The van der Waals surface area contributed by atoms with E-state index >= 15 is 0 Å². The molecule has 2 heterocycles. The minimum absolute atomic E-state index is 0.0132. The normalized spacial score (nSPS) is 18.0. The van der Waals surface area contributed by atoms with E-state index < -0.39 is 0 Å². The average Bonchev–Trinajstić information content (AvgIpc) is 2.83. The van der Waals surface area contributed by atoms with Crippen LogP contribution in [0.5, 0.6) is 0 Å². The first-order valence-corrected chi connectivity index (χ1v) is 8.91. The summed E-state index contributed by atoms with van der Waals surface area (Å²) >= 11 is 6.51. The van der Waals surface area contributed by atoms with Gasteiger partial charge < -0.3 is 4.90 Å². The van der Waals surface area contributed by atoms with E-state index in [1.165, 1.54) is 12.0 Å². The minimum atomic E-state index is 0.0132. The van der Waals surface area contributed by atoms with Gasteiger partial charge in [0.1, 0.15) is 5.15 Å². The van der Waals surface area contributed by atoms with Gasteiger partial charge in [0.25, 0.3) is 5.91 Å². The highest BCUT2D eigenvalue weighted by molar-refractivity contribution is 6.33. The molecule has 2 aromatic rings. The SMILES string of the molecule is Cc1ccc(Cn2nc(C)c(C(=O)N3CCCC(C)C3)c2Cl)cc1. The van der Waals surface area contributed by atoms with Gasteiger partial charge in [0, 0.05) is 13.1 Å². The van der Waals surface area contributed by atoms with E-state index in [1.54, 1.807) is 4.68 Å². The number of hydrogen-bond donors (Lipinski definition) is 0. The molecule has 5 heteroatoms. The van der Waals surface area contributed by atoms with Crippen molar-refractivity contribution in [1.29, 1.82) is 0 Å². The largest absolute Gasteiger partial charge is 0.338 e. The molecule has 1 amide bonds. The highest BCUT2D eigenvalue weighted by Crippen LogP contribution is 2.25. The van der Waals surface area contributed by atoms with Crippen LogP contribution in [0.1, 0.15) is 46.9 Å². The second-order valence-corrected chi connectivity index (χ2v) is 7.25. The van der Waals surface area contributed by atoms with E-state index in [4.69, 9.17) is 11.6 Å². The molecule has 0 radical (unpaired) electrons. The van der Waals surface area contributed by atoms with Crippen molar-refractivity contribution in [3.63, 3.8) is 0 Å². The van der Waals surface area contributed by atoms with Gasteiger partial charge in [-0.3, -0.25) is 4.79 Å². The van der Waals surface area contributed by atoms with Crippen molar-refractivity contribution < 1.29 is 4.79 Å². The molecule has 3 rings (SSSR count). The highest BCUT2D eigenvalue weighted by Gasteiger charge is 2.27. The van der Waals surface area contributed by atoms with E-state index in [0.717, 1.165) is 25.1 Å². The van der Waals surface area contributed by atoms with Crippen LogP contribution in [-0.2, 0) is 6.54 Å². The Bertz CT molecular complexity index is 736. The van der Waals surface area contributed by atoms with Crippen LogP contribution in [-0.4, -0.2) is 33.7 Å². The van der Waals surface area contributed by atoms with E-state index in [1.807, 2.05) is 11.8 Å². The second-order valence-electron chi connectivity index (χ2n) is 6.89. The van der Waals surface area contributed by atoms with Gasteiger partial charge in [-0.1, -0.05) is 48.4 Å². The molecule has 1 aromatic heterocycles. The molecule has 0 saturated carbocycles. The lowest BCUT2D eigenvalue weighted by Gasteiger charge is -2.30. The second kappa shape index (κ2) is 6.98. The van der Waals surface area contributed by atoms with E-state index in [0.29, 0.717) is 28.9 Å². The topological polar surface area (TPSA) is 38.1 Å². The van der Waals surface area contributed by atoms with Gasteiger partial charge in [-0.25, -0.2) is 4.68 Å². The Morgan fingerprint density at radius 1 is 1.29 bits per heavy atom. The van der Waals surface area contributed by atoms with Crippen molar-refractivity contribution in [2.24, 2.45) is 5.92 Å². The van der Waals surface area contributed by atoms with Crippen LogP contribution < -0.4 is 0 Å². The Morgan fingerprint density at radius 3 is 2.67 bits per heavy atom. The number of hydrogen-bond acceptors (Lipinski definition) is 2. The maximum Gasteiger partial charge on any atom is 0.258 e. The number of nitrogens with zero attached hydrogens (tertiary/aromatic N) is 3. The third-order valence-corrected chi connectivity index (χ3v) is 5.06. The molecule has 1 atom stereocenters. The predicted octanol–water partition coefficient (Wildman–Crippen LogP) is 4.07. The molecule has 0 aliphatic carbocycles. The van der Waals surface area contributed by atoms with Gasteiger partial charge in [0.05, 0.1) is 17.8 Å². The summed E-state index contributed by atoms with van der Waals surface area (Å²) in [5, 5.41) is 4.94. The molecular weight excluding hydrogens is 322 g/mol. The number of aryl methyl sites for hydroxylation is 2. The number of carbonyl (C=O) groups excluding carboxylic acids is 1. The van der Waals surface area contributed by atoms with Crippen LogP contribution in [0.25, 0.3) is 0 Å². The fraction of sp³-hybridized carbons (Fsp3) is 0.474. The van der Waals surface area contributed by atoms with Gasteiger partial charge in [-0.05, 0) is 38.2 Å². The quantitative estimate of drug-likeness (QED) is 0.840. The predicted molar refractivity (Wildman–Crippen MR) is 96.6 cm³/mol. The van der Waals surface area contributed by atoms with Gasteiger partial charge in [-0.2, -0.15) is 5.10 Å². The first-order valence-electron chi connectivity index (χ1n) is 8.53. The number of rotatable bonds is 3. The van der Waals surface area contributed by atoms with Gasteiger partial charge >= 0.3 is 0 Å². The zero-order valence-electron chi connectivity index (χ0n) is 14.6. The zero-order valence-corrected chi connectivity index (χ0v) is 15.3. The maximum absolute atomic E-state index is 12.9. The number of piperidine rings is 1. The molecular formula is C19H24ClN3O. The monoisotopic (exact) mass is 345 g/mol. The smallest absolute Gasteiger partial charge is 0.258 e. The van der Waals surface area contributed by atoms with E-state index in [9.17, 15) is 4.79 Å². The van der Waals surface area contributed by atoms with Gasteiger partial charge in [0.2, 0.25) is 0 Å². The van der Waals surface area contributed by atoms with Gasteiger partial charge in [-0.15, -0.1) is 0 Å². The van der Waals surface area contributed by atoms with Crippen LogP contribution >= 0.6 is 11.6 Å². The summed E-state index contributed by atoms with van der Waals surface area (Å²) in [6.45, 7) is 8.29. The fourth-order valence-electron chi connectivity index (χ4n) is 3.30. The molecule has 1 unspecified atom stereocenters. The molecule has 0 spiro atoms. The molecule has 1 saturated heterocycles. The lowest BCUT2D eigenvalue weighted by atomic mass is 9.99. The van der Waals surface area contributed by atoms with E-state index in [2.05, 4.69) is 43.2 Å². The Labute approximate surface area is 148 Å². The fourth-order valence-corrected chi connectivity index (χ4v) is 3.61. The van der Waals surface area contributed by atoms with Crippen molar-refractivity contribution in [3.8, 4) is 0 Å². The van der Waals surface area contributed by atoms with E-state index in [-0.39, 0.29) is 5.91 Å². The first-order chi connectivity index (χ1) is 11.5. The number of likely N-dealkylation sites (tertiary alicyclic amines) is 1. The summed E-state index contributed by atoms with van der Waals surface area (Å²) in [6.07, 6.45) is 2.24. The van der Waals surface area contributed by atoms with Crippen molar-refractivity contribution in [2.75, 3.05) is 13.1 Å². The van der Waals surface area contributed by atoms with Crippen LogP contribution in [0.3, 0.4) is 0 Å². The summed E-state index contributed by atoms with van der Waals surface area (Å²) in [5.41, 5.74) is 3.60. The Balaban J connectivity index is 1.83. The summed E-state index contributed by atoms with van der Waals surface area (Å²) in [7, 11) is 0. The molecule has 1 fully saturated rings. The number of halogens is 1. The van der Waals surface area contributed by atoms with Crippen LogP contribution in [0.2, 0.25) is 5.15 Å². The number of carbonyl (C=O) groups is 1. The van der Waals surface area contributed by atoms with Crippen LogP contribution in [0, 0.1) is 19.8 Å². The van der Waals surface area contributed by atoms with Gasteiger partial charge in [0.15, 0.2) is 0 Å². The standard InChI is InChI=1S/C19H24ClN3O/c1-13-6-8-16(9-7-13)12-23-18(20)17(15(3)21-23)19(24)22-10-4-5-14(2)11-22/h6-9,14H,4-5,10-12H2,1-3H3. The van der Waals surface area contributed by atoms with Crippen LogP contribution in [0.4, 0.5) is 0 Å². The van der Waals surface area contributed by atoms with Crippen molar-refractivity contribution in [1.82, 2.24) is 14.7 Å². The van der Waals surface area contributed by atoms with Crippen molar-refractivity contribution >= 4 is 17.5 Å². The lowest BCUT2D eigenvalue weighted by molar-refractivity contribution is 0.0682.